The normalized spacial score (nSPS) is 10.3. The number of rotatable bonds is 7. The van der Waals surface area contributed by atoms with E-state index in [1.807, 2.05) is 43.3 Å². The molecule has 0 bridgehead atoms. The summed E-state index contributed by atoms with van der Waals surface area (Å²) in [6, 6.07) is 14.7. The first kappa shape index (κ1) is 20.1. The lowest BCUT2D eigenvalue weighted by Gasteiger charge is -2.16. The number of benzene rings is 2. The van der Waals surface area contributed by atoms with Gasteiger partial charge in [0.25, 0.3) is 0 Å². The molecule has 0 aliphatic rings. The van der Waals surface area contributed by atoms with Gasteiger partial charge in [-0.2, -0.15) is 0 Å². The number of nitrogens with zero attached hydrogens (tertiary/aromatic N) is 1. The molecule has 2 rings (SSSR count). The molecule has 0 atom stereocenters. The van der Waals surface area contributed by atoms with Crippen molar-refractivity contribution >= 4 is 45.9 Å². The molecule has 1 N–H and O–H groups in total. The van der Waals surface area contributed by atoms with Crippen molar-refractivity contribution in [2.45, 2.75) is 19.8 Å². The highest BCUT2D eigenvalue weighted by Gasteiger charge is 2.15. The molecule has 2 amide bonds. The minimum Gasteiger partial charge on any atom is -0.336 e. The van der Waals surface area contributed by atoms with Crippen molar-refractivity contribution in [1.29, 1.82) is 0 Å². The molecule has 0 spiro atoms. The second-order valence-electron chi connectivity index (χ2n) is 6.09. The van der Waals surface area contributed by atoms with Crippen molar-refractivity contribution in [2.75, 3.05) is 18.9 Å². The average Bonchev–Trinajstić information content (AvgIpc) is 2.61. The molecule has 0 unspecified atom stereocenters. The van der Waals surface area contributed by atoms with Crippen molar-refractivity contribution in [1.82, 2.24) is 4.90 Å². The molecule has 0 saturated carbocycles. The Morgan fingerprint density at radius 3 is 2.19 bits per heavy atom. The molecule has 0 aliphatic carbocycles. The Balaban J connectivity index is 1.79. The van der Waals surface area contributed by atoms with Gasteiger partial charge in [-0.1, -0.05) is 29.8 Å². The van der Waals surface area contributed by atoms with Gasteiger partial charge in [-0.25, -0.2) is 0 Å². The SMILES string of the molecule is Cc1ccc(NC(=O)CN(C)C(=O)CCC(=O)c2ccc(I)cc2)cc1. The van der Waals surface area contributed by atoms with Crippen LogP contribution in [0.5, 0.6) is 0 Å². The summed E-state index contributed by atoms with van der Waals surface area (Å²) in [7, 11) is 1.56. The fourth-order valence-corrected chi connectivity index (χ4v) is 2.69. The van der Waals surface area contributed by atoms with E-state index in [-0.39, 0.29) is 37.0 Å². The monoisotopic (exact) mass is 464 g/mol. The second-order valence-corrected chi connectivity index (χ2v) is 7.34. The van der Waals surface area contributed by atoms with E-state index in [4.69, 9.17) is 0 Å². The van der Waals surface area contributed by atoms with Gasteiger partial charge in [0.2, 0.25) is 11.8 Å². The summed E-state index contributed by atoms with van der Waals surface area (Å²) in [5, 5.41) is 2.75. The summed E-state index contributed by atoms with van der Waals surface area (Å²) >= 11 is 2.17. The standard InChI is InChI=1S/C20H21IN2O3/c1-14-3-9-17(10-4-14)22-19(25)13-23(2)20(26)12-11-18(24)15-5-7-16(21)8-6-15/h3-10H,11-13H2,1-2H3,(H,22,25). The van der Waals surface area contributed by atoms with Crippen LogP contribution in [-0.2, 0) is 9.59 Å². The smallest absolute Gasteiger partial charge is 0.243 e. The van der Waals surface area contributed by atoms with E-state index >= 15 is 0 Å². The van der Waals surface area contributed by atoms with Crippen LogP contribution in [0.1, 0.15) is 28.8 Å². The number of carbonyl (C=O) groups is 3. The van der Waals surface area contributed by atoms with Gasteiger partial charge in [0.15, 0.2) is 5.78 Å². The topological polar surface area (TPSA) is 66.5 Å². The van der Waals surface area contributed by atoms with Crippen molar-refractivity contribution in [3.05, 3.63) is 63.2 Å². The number of likely N-dealkylation sites (N-methyl/N-ethyl adjacent to an activating group) is 1. The predicted molar refractivity (Wildman–Crippen MR) is 110 cm³/mol. The van der Waals surface area contributed by atoms with Gasteiger partial charge in [-0.15, -0.1) is 0 Å². The van der Waals surface area contributed by atoms with Gasteiger partial charge >= 0.3 is 0 Å². The molecule has 136 valence electrons. The largest absolute Gasteiger partial charge is 0.336 e. The molecule has 26 heavy (non-hydrogen) atoms. The Morgan fingerprint density at radius 1 is 0.962 bits per heavy atom. The number of ketones is 1. The summed E-state index contributed by atoms with van der Waals surface area (Å²) < 4.78 is 1.05. The van der Waals surface area contributed by atoms with Crippen molar-refractivity contribution in [3.8, 4) is 0 Å². The molecule has 2 aromatic carbocycles. The van der Waals surface area contributed by atoms with Crippen LogP contribution >= 0.6 is 22.6 Å². The molecule has 0 aliphatic heterocycles. The third-order valence-electron chi connectivity index (χ3n) is 3.87. The number of hydrogen-bond acceptors (Lipinski definition) is 3. The number of carbonyl (C=O) groups excluding carboxylic acids is 3. The number of Topliss-reactive ketones (excluding diaryl/α,β-unsaturated/α-hetero) is 1. The van der Waals surface area contributed by atoms with Crippen LogP contribution in [0.25, 0.3) is 0 Å². The Morgan fingerprint density at radius 2 is 1.58 bits per heavy atom. The average molecular weight is 464 g/mol. The van der Waals surface area contributed by atoms with Crippen LogP contribution in [0.4, 0.5) is 5.69 Å². The number of anilines is 1. The van der Waals surface area contributed by atoms with E-state index in [9.17, 15) is 14.4 Å². The molecule has 0 saturated heterocycles. The van der Waals surface area contributed by atoms with Crippen LogP contribution in [0.2, 0.25) is 0 Å². The highest BCUT2D eigenvalue weighted by Crippen LogP contribution is 2.11. The van der Waals surface area contributed by atoms with Gasteiger partial charge in [0.1, 0.15) is 0 Å². The molecule has 6 heteroatoms. The van der Waals surface area contributed by atoms with Crippen LogP contribution in [0.3, 0.4) is 0 Å². The fourth-order valence-electron chi connectivity index (χ4n) is 2.33. The van der Waals surface area contributed by atoms with Crippen LogP contribution < -0.4 is 5.32 Å². The third kappa shape index (κ3) is 6.25. The summed E-state index contributed by atoms with van der Waals surface area (Å²) in [6.45, 7) is 1.92. The lowest BCUT2D eigenvalue weighted by Crippen LogP contribution is -2.35. The lowest BCUT2D eigenvalue weighted by molar-refractivity contribution is -0.133. The predicted octanol–water partition coefficient (Wildman–Crippen LogP) is 3.66. The molecular weight excluding hydrogens is 443 g/mol. The van der Waals surface area contributed by atoms with E-state index in [1.165, 1.54) is 4.90 Å². The summed E-state index contributed by atoms with van der Waals surface area (Å²) in [4.78, 5) is 37.6. The van der Waals surface area contributed by atoms with Crippen LogP contribution in [0.15, 0.2) is 48.5 Å². The van der Waals surface area contributed by atoms with Gasteiger partial charge in [-0.05, 0) is 53.8 Å². The molecule has 0 heterocycles. The number of hydrogen-bond donors (Lipinski definition) is 1. The molecule has 2 aromatic rings. The maximum atomic E-state index is 12.2. The third-order valence-corrected chi connectivity index (χ3v) is 4.59. The zero-order valence-electron chi connectivity index (χ0n) is 14.8. The minimum atomic E-state index is -0.270. The maximum absolute atomic E-state index is 12.2. The summed E-state index contributed by atoms with van der Waals surface area (Å²) in [6.07, 6.45) is 0.211. The number of amides is 2. The Kier molecular flexibility index (Phi) is 7.32. The Bertz CT molecular complexity index is 786. The first-order valence-electron chi connectivity index (χ1n) is 8.24. The second kappa shape index (κ2) is 9.47. The first-order valence-corrected chi connectivity index (χ1v) is 9.32. The zero-order valence-corrected chi connectivity index (χ0v) is 16.9. The van der Waals surface area contributed by atoms with Gasteiger partial charge < -0.3 is 10.2 Å². The molecule has 0 radical (unpaired) electrons. The summed E-state index contributed by atoms with van der Waals surface area (Å²) in [5.41, 5.74) is 2.39. The molecular formula is C20H21IN2O3. The molecule has 5 nitrogen and oxygen atoms in total. The Hall–Kier alpha value is -2.22. The van der Waals surface area contributed by atoms with E-state index in [1.54, 1.807) is 19.2 Å². The lowest BCUT2D eigenvalue weighted by atomic mass is 10.1. The number of halogens is 1. The van der Waals surface area contributed by atoms with Gasteiger partial charge in [-0.3, -0.25) is 14.4 Å². The number of aryl methyl sites for hydroxylation is 1. The van der Waals surface area contributed by atoms with Crippen molar-refractivity contribution in [2.24, 2.45) is 0 Å². The summed E-state index contributed by atoms with van der Waals surface area (Å²) in [5.74, 6) is -0.580. The quantitative estimate of drug-likeness (QED) is 0.503. The Labute approximate surface area is 166 Å². The molecule has 0 fully saturated rings. The van der Waals surface area contributed by atoms with Crippen LogP contribution in [-0.4, -0.2) is 36.1 Å². The first-order chi connectivity index (χ1) is 12.3. The van der Waals surface area contributed by atoms with E-state index in [2.05, 4.69) is 27.9 Å². The zero-order chi connectivity index (χ0) is 19.1. The van der Waals surface area contributed by atoms with Crippen molar-refractivity contribution in [3.63, 3.8) is 0 Å². The number of nitrogens with one attached hydrogen (secondary N) is 1. The minimum absolute atomic E-state index is 0.0512. The van der Waals surface area contributed by atoms with Crippen molar-refractivity contribution < 1.29 is 14.4 Å². The molecule has 0 aromatic heterocycles. The van der Waals surface area contributed by atoms with E-state index in [0.717, 1.165) is 9.13 Å². The van der Waals surface area contributed by atoms with Crippen LogP contribution in [0, 0.1) is 10.5 Å². The maximum Gasteiger partial charge on any atom is 0.243 e. The highest BCUT2D eigenvalue weighted by molar-refractivity contribution is 14.1. The van der Waals surface area contributed by atoms with Gasteiger partial charge in [0, 0.05) is 34.7 Å². The highest BCUT2D eigenvalue weighted by atomic mass is 127. The van der Waals surface area contributed by atoms with E-state index in [0.29, 0.717) is 11.3 Å². The van der Waals surface area contributed by atoms with E-state index < -0.39 is 0 Å². The fraction of sp³-hybridized carbons (Fsp3) is 0.250. The van der Waals surface area contributed by atoms with Gasteiger partial charge in [0.05, 0.1) is 6.54 Å².